The van der Waals surface area contributed by atoms with Crippen molar-refractivity contribution in [1.82, 2.24) is 26.2 Å². The van der Waals surface area contributed by atoms with Crippen LogP contribution in [0.25, 0.3) is 0 Å². The molecule has 1 aliphatic heterocycles. The van der Waals surface area contributed by atoms with Crippen LogP contribution in [0, 0.1) is 5.92 Å². The number of carbonyl (C=O) groups is 4. The highest BCUT2D eigenvalue weighted by Crippen LogP contribution is 2.29. The fourth-order valence-electron chi connectivity index (χ4n) is 4.61. The summed E-state index contributed by atoms with van der Waals surface area (Å²) in [6.07, 6.45) is 1.03. The Labute approximate surface area is 206 Å². The molecule has 3 rings (SSSR count). The summed E-state index contributed by atoms with van der Waals surface area (Å²) >= 11 is 0. The van der Waals surface area contributed by atoms with Crippen LogP contribution >= 0.6 is 0 Å². The molecule has 0 radical (unpaired) electrons. The van der Waals surface area contributed by atoms with Crippen LogP contribution < -0.4 is 21.3 Å². The van der Waals surface area contributed by atoms with Gasteiger partial charge in [0.25, 0.3) is 5.91 Å². The minimum atomic E-state index is -1.07. The maximum Gasteiger partial charge on any atom is 0.407 e. The molecule has 0 unspecified atom stereocenters. The number of nitrogens with zero attached hydrogens (tertiary/aromatic N) is 1. The molecular formula is C25H37N5O5. The lowest BCUT2D eigenvalue weighted by atomic mass is 9.87. The number of carbonyl (C=O) groups excluding carboxylic acids is 4. The van der Waals surface area contributed by atoms with Crippen molar-refractivity contribution in [2.75, 3.05) is 26.7 Å². The van der Waals surface area contributed by atoms with Gasteiger partial charge in [-0.05, 0) is 43.2 Å². The Morgan fingerprint density at radius 2 is 1.89 bits per heavy atom. The molecule has 0 saturated carbocycles. The van der Waals surface area contributed by atoms with Crippen molar-refractivity contribution in [3.8, 4) is 0 Å². The molecule has 1 saturated heterocycles. The second-order valence-electron chi connectivity index (χ2n) is 9.43. The van der Waals surface area contributed by atoms with Crippen LogP contribution in [0.4, 0.5) is 4.79 Å². The highest BCUT2D eigenvalue weighted by molar-refractivity contribution is 5.93. The third-order valence-corrected chi connectivity index (χ3v) is 6.60. The summed E-state index contributed by atoms with van der Waals surface area (Å²) in [7, 11) is 1.40. The number of hydrogen-bond acceptors (Lipinski definition) is 6. The highest BCUT2D eigenvalue weighted by Gasteiger charge is 2.38. The first kappa shape index (κ1) is 26.5. The summed E-state index contributed by atoms with van der Waals surface area (Å²) in [6.45, 7) is 6.32. The van der Waals surface area contributed by atoms with Gasteiger partial charge in [-0.15, -0.1) is 0 Å². The molecule has 1 aromatic carbocycles. The third kappa shape index (κ3) is 6.50. The number of piperazine rings is 1. The molecule has 1 aliphatic carbocycles. The van der Waals surface area contributed by atoms with Crippen molar-refractivity contribution < 1.29 is 23.9 Å². The SMILES string of the molecule is CNC(=O)O[C@@H](C)C(=O)N[C@H](C(=O)N1CCNC[C@H]1C(=O)N[C@@H]1CCCc2ccccc21)C(C)C. The van der Waals surface area contributed by atoms with E-state index in [2.05, 4.69) is 27.3 Å². The number of amides is 4. The van der Waals surface area contributed by atoms with Crippen molar-refractivity contribution in [3.63, 3.8) is 0 Å². The van der Waals surface area contributed by atoms with Gasteiger partial charge in [0.2, 0.25) is 11.8 Å². The average Bonchev–Trinajstić information content (AvgIpc) is 2.86. The topological polar surface area (TPSA) is 129 Å². The molecule has 4 amide bonds. The number of nitrogens with one attached hydrogen (secondary N) is 4. The molecule has 0 aromatic heterocycles. The van der Waals surface area contributed by atoms with Crippen LogP contribution in [-0.4, -0.2) is 73.6 Å². The van der Waals surface area contributed by atoms with Gasteiger partial charge in [0.1, 0.15) is 12.1 Å². The smallest absolute Gasteiger partial charge is 0.407 e. The van der Waals surface area contributed by atoms with E-state index in [4.69, 9.17) is 4.74 Å². The van der Waals surface area contributed by atoms with E-state index in [1.165, 1.54) is 19.5 Å². The van der Waals surface area contributed by atoms with Crippen molar-refractivity contribution in [2.45, 2.75) is 64.3 Å². The fraction of sp³-hybridized carbons (Fsp3) is 0.600. The Kier molecular flexibility index (Phi) is 9.08. The first-order valence-electron chi connectivity index (χ1n) is 12.3. The summed E-state index contributed by atoms with van der Waals surface area (Å²) in [5.74, 6) is -1.35. The molecule has 10 heteroatoms. The van der Waals surface area contributed by atoms with E-state index < -0.39 is 30.2 Å². The van der Waals surface area contributed by atoms with E-state index in [-0.39, 0.29) is 23.8 Å². The van der Waals surface area contributed by atoms with Crippen LogP contribution in [-0.2, 0) is 25.5 Å². The van der Waals surface area contributed by atoms with E-state index in [1.54, 1.807) is 4.90 Å². The first-order chi connectivity index (χ1) is 16.7. The van der Waals surface area contributed by atoms with Crippen LogP contribution in [0.3, 0.4) is 0 Å². The van der Waals surface area contributed by atoms with Crippen LogP contribution in [0.15, 0.2) is 24.3 Å². The van der Waals surface area contributed by atoms with Gasteiger partial charge in [-0.25, -0.2) is 4.79 Å². The highest BCUT2D eigenvalue weighted by atomic mass is 16.6. The lowest BCUT2D eigenvalue weighted by molar-refractivity contribution is -0.146. The third-order valence-electron chi connectivity index (χ3n) is 6.60. The molecule has 10 nitrogen and oxygen atoms in total. The van der Waals surface area contributed by atoms with E-state index in [9.17, 15) is 19.2 Å². The lowest BCUT2D eigenvalue weighted by Gasteiger charge is -2.39. The molecule has 2 aliphatic rings. The van der Waals surface area contributed by atoms with Gasteiger partial charge in [-0.2, -0.15) is 0 Å². The summed E-state index contributed by atoms with van der Waals surface area (Å²) in [5, 5.41) is 11.4. The number of hydrogen-bond donors (Lipinski definition) is 4. The maximum atomic E-state index is 13.6. The number of aryl methyl sites for hydroxylation is 1. The second-order valence-corrected chi connectivity index (χ2v) is 9.43. The van der Waals surface area contributed by atoms with Crippen LogP contribution in [0.1, 0.15) is 50.8 Å². The number of ether oxygens (including phenoxy) is 1. The minimum Gasteiger partial charge on any atom is -0.436 e. The molecule has 0 bridgehead atoms. The summed E-state index contributed by atoms with van der Waals surface area (Å²) in [5.41, 5.74) is 2.38. The predicted molar refractivity (Wildman–Crippen MR) is 130 cm³/mol. The van der Waals surface area contributed by atoms with E-state index in [0.29, 0.717) is 19.6 Å². The molecule has 35 heavy (non-hydrogen) atoms. The maximum absolute atomic E-state index is 13.6. The molecule has 4 N–H and O–H groups in total. The van der Waals surface area contributed by atoms with Crippen LogP contribution in [0.2, 0.25) is 0 Å². The van der Waals surface area contributed by atoms with Crippen molar-refractivity contribution >= 4 is 23.8 Å². The van der Waals surface area contributed by atoms with E-state index in [1.807, 2.05) is 32.0 Å². The van der Waals surface area contributed by atoms with E-state index in [0.717, 1.165) is 24.8 Å². The van der Waals surface area contributed by atoms with Gasteiger partial charge in [-0.3, -0.25) is 14.4 Å². The number of alkyl carbamates (subject to hydrolysis) is 1. The van der Waals surface area contributed by atoms with Crippen molar-refractivity contribution in [2.24, 2.45) is 5.92 Å². The van der Waals surface area contributed by atoms with Gasteiger partial charge in [-0.1, -0.05) is 38.1 Å². The summed E-state index contributed by atoms with van der Waals surface area (Å²) in [6, 6.07) is 6.49. The number of benzene rings is 1. The molecule has 4 atom stereocenters. The van der Waals surface area contributed by atoms with E-state index >= 15 is 0 Å². The van der Waals surface area contributed by atoms with Gasteiger partial charge in [0.15, 0.2) is 6.10 Å². The lowest BCUT2D eigenvalue weighted by Crippen LogP contribution is -2.64. The van der Waals surface area contributed by atoms with Gasteiger partial charge in [0.05, 0.1) is 6.04 Å². The van der Waals surface area contributed by atoms with Gasteiger partial charge in [0, 0.05) is 26.7 Å². The molecule has 1 heterocycles. The van der Waals surface area contributed by atoms with Crippen molar-refractivity contribution in [1.29, 1.82) is 0 Å². The Hall–Kier alpha value is -3.14. The number of rotatable bonds is 7. The zero-order chi connectivity index (χ0) is 25.5. The fourth-order valence-corrected chi connectivity index (χ4v) is 4.61. The van der Waals surface area contributed by atoms with Crippen molar-refractivity contribution in [3.05, 3.63) is 35.4 Å². The minimum absolute atomic E-state index is 0.0883. The molecule has 0 spiro atoms. The Balaban J connectivity index is 1.71. The molecule has 192 valence electrons. The summed E-state index contributed by atoms with van der Waals surface area (Å²) in [4.78, 5) is 52.5. The zero-order valence-electron chi connectivity index (χ0n) is 20.9. The monoisotopic (exact) mass is 487 g/mol. The van der Waals surface area contributed by atoms with Gasteiger partial charge < -0.3 is 30.9 Å². The van der Waals surface area contributed by atoms with Gasteiger partial charge >= 0.3 is 6.09 Å². The molecular weight excluding hydrogens is 450 g/mol. The first-order valence-corrected chi connectivity index (χ1v) is 12.3. The quantitative estimate of drug-likeness (QED) is 0.452. The second kappa shape index (κ2) is 12.0. The normalized spacial score (nSPS) is 21.3. The Bertz CT molecular complexity index is 937. The number of fused-ring (bicyclic) bond motifs is 1. The molecule has 1 fully saturated rings. The zero-order valence-corrected chi connectivity index (χ0v) is 20.9. The predicted octanol–water partition coefficient (Wildman–Crippen LogP) is 0.866. The summed E-state index contributed by atoms with van der Waals surface area (Å²) < 4.78 is 4.98. The average molecular weight is 488 g/mol. The largest absolute Gasteiger partial charge is 0.436 e. The Morgan fingerprint density at radius 3 is 2.60 bits per heavy atom. The Morgan fingerprint density at radius 1 is 1.14 bits per heavy atom. The van der Waals surface area contributed by atoms with Crippen LogP contribution in [0.5, 0.6) is 0 Å². The standard InChI is InChI=1S/C25H37N5O5/c1-15(2)21(29-22(31)16(3)35-25(34)26-4)24(33)30-13-12-27-14-20(30)23(32)28-19-11-7-9-17-8-5-6-10-18(17)19/h5-6,8,10,15-16,19-21,27H,7,9,11-14H2,1-4H3,(H,26,34)(H,28,32)(H,29,31)/t16-,19+,20-,21-/m0/s1. The molecule has 1 aromatic rings.